The number of nitrogens with one attached hydrogen (secondary N) is 8. The minimum absolute atomic E-state index is 0.0398. The highest BCUT2D eigenvalue weighted by molar-refractivity contribution is 7.83. The van der Waals surface area contributed by atoms with E-state index in [4.69, 9.17) is 20.9 Å². The van der Waals surface area contributed by atoms with Gasteiger partial charge in [0.2, 0.25) is 41.4 Å². The van der Waals surface area contributed by atoms with E-state index in [0.29, 0.717) is 56.6 Å². The van der Waals surface area contributed by atoms with Gasteiger partial charge in [-0.1, -0.05) is 75.4 Å². The molecule has 5 atom stereocenters. The summed E-state index contributed by atoms with van der Waals surface area (Å²) in [6.07, 6.45) is 11.1. The Morgan fingerprint density at radius 2 is 1.62 bits per heavy atom. The van der Waals surface area contributed by atoms with Crippen LogP contribution in [0.5, 0.6) is 0 Å². The van der Waals surface area contributed by atoms with Crippen molar-refractivity contribution >= 4 is 87.8 Å². The average molecular weight is 1170 g/mol. The van der Waals surface area contributed by atoms with Crippen LogP contribution in [0.2, 0.25) is 0 Å². The topological polar surface area (TPSA) is 324 Å². The number of amides is 8. The number of ether oxygens (including phenoxy) is 2. The van der Waals surface area contributed by atoms with E-state index in [1.165, 1.54) is 15.6 Å². The lowest BCUT2D eigenvalue weighted by molar-refractivity contribution is -0.132. The first-order chi connectivity index (χ1) is 38.7. The molecule has 1 aromatic heterocycles. The van der Waals surface area contributed by atoms with Gasteiger partial charge in [-0.25, -0.2) is 4.79 Å². The quantitative estimate of drug-likeness (QED) is 0.0161. The summed E-state index contributed by atoms with van der Waals surface area (Å²) >= 11 is 5.63. The van der Waals surface area contributed by atoms with Crippen molar-refractivity contribution in [1.82, 2.24) is 47.4 Å². The van der Waals surface area contributed by atoms with Crippen LogP contribution in [0.15, 0.2) is 89.5 Å². The Morgan fingerprint density at radius 3 is 2.17 bits per heavy atom. The van der Waals surface area contributed by atoms with Crippen molar-refractivity contribution in [3.8, 4) is 0 Å². The molecule has 1 fully saturated rings. The van der Waals surface area contributed by atoms with Crippen molar-refractivity contribution in [3.63, 3.8) is 0 Å². The van der Waals surface area contributed by atoms with Gasteiger partial charge in [0, 0.05) is 54.3 Å². The number of thiol groups is 1. The number of fused-ring (bicyclic) bond motifs is 1. The van der Waals surface area contributed by atoms with Gasteiger partial charge in [0.25, 0.3) is 0 Å². The maximum absolute atomic E-state index is 13.9. The number of primary amides is 1. The normalized spacial score (nSPS) is 14.2. The first kappa shape index (κ1) is 74.0. The standard InChI is InChI=1S/C40H67N9O9.C9H8S.C5H8OS.C3H8N2O/c1-7-11-21-58-40(57)49-20-18-30(25-49)46-38(55)32(15-12-13-19-42-34(51)17-16-31(26-50)45-36(53)24-43-35(52)23-41)47-39(56)33(22-29(10-4)14-8-2)48-37(54)28(6)44-27(5)9-3;1-7-6-10-9-5-3-2-4-8(7)9;1-3-5(4-7)6-2;1-5-2-3(4)6/h8,10,14,26,28,30-33,44H,5,7,9,11-13,15-25,41H2,1-4,6H3,(H,42,51)(H,43,52)(H,45,53)(H,46,55)(H,47,56)(H,48,54);2-6H,1H3;3-4,7H,1H2,2H3;5H,2H2,1H3,(H2,4,6)/b14-8-,29-10+;;5-4+;. The van der Waals surface area contributed by atoms with Gasteiger partial charge in [0.15, 0.2) is 0 Å². The van der Waals surface area contributed by atoms with E-state index in [0.717, 1.165) is 18.4 Å². The maximum atomic E-state index is 13.9. The lowest BCUT2D eigenvalue weighted by atomic mass is 10.0. The van der Waals surface area contributed by atoms with Gasteiger partial charge in [-0.05, 0) is 108 Å². The molecular formula is C57H91N11O11S2. The zero-order chi connectivity index (χ0) is 61.1. The molecule has 0 radical (unpaired) electrons. The van der Waals surface area contributed by atoms with E-state index in [1.54, 1.807) is 37.5 Å². The number of hydrogen-bond donors (Lipinski definition) is 11. The predicted molar refractivity (Wildman–Crippen MR) is 324 cm³/mol. The minimum atomic E-state index is -1.02. The third-order valence-corrected chi connectivity index (χ3v) is 13.2. The summed E-state index contributed by atoms with van der Waals surface area (Å²) in [4.78, 5) is 112. The van der Waals surface area contributed by atoms with Crippen LogP contribution in [0, 0.1) is 6.92 Å². The number of benzene rings is 1. The van der Waals surface area contributed by atoms with Crippen molar-refractivity contribution in [2.24, 2.45) is 11.5 Å². The highest BCUT2D eigenvalue weighted by Gasteiger charge is 2.32. The molecule has 452 valence electrons. The fourth-order valence-corrected chi connectivity index (χ4v) is 8.38. The van der Waals surface area contributed by atoms with E-state index in [1.807, 2.05) is 57.3 Å². The fraction of sp³-hybridized carbons (Fsp3) is 0.526. The van der Waals surface area contributed by atoms with E-state index < -0.39 is 59.8 Å². The molecule has 3 rings (SSSR count). The van der Waals surface area contributed by atoms with E-state index in [9.17, 15) is 43.2 Å². The molecule has 2 heterocycles. The molecule has 0 aliphatic carbocycles. The highest BCUT2D eigenvalue weighted by atomic mass is 32.1. The molecule has 5 unspecified atom stereocenters. The number of likely N-dealkylation sites (tertiary alicyclic amines) is 1. The molecule has 2 aromatic rings. The second-order valence-electron chi connectivity index (χ2n) is 18.4. The average Bonchev–Trinajstić information content (AvgIpc) is 4.10. The number of hydrogen-bond acceptors (Lipinski definition) is 16. The van der Waals surface area contributed by atoms with Crippen molar-refractivity contribution in [2.75, 3.05) is 60.0 Å². The Bertz CT molecular complexity index is 2390. The van der Waals surface area contributed by atoms with Gasteiger partial charge in [0.05, 0.1) is 39.4 Å². The SMILES string of the molecule is C=C(CC)NC(C)C(=O)NC(CC(/C=C\C)=C/C)C(=O)NC(CCCCNC(=O)CCC(C=O)NC(=O)CNC(=O)CN)C(=O)NC1CCN(C(=O)OCCCC)C1.C=C/C(=C\S)OC.CNCC(N)=O.Cc1csc2ccccc12. The lowest BCUT2D eigenvalue weighted by Crippen LogP contribution is -2.56. The maximum Gasteiger partial charge on any atom is 0.409 e. The summed E-state index contributed by atoms with van der Waals surface area (Å²) in [5, 5.41) is 26.9. The van der Waals surface area contributed by atoms with Crippen LogP contribution in [0.4, 0.5) is 4.79 Å². The third-order valence-electron chi connectivity index (χ3n) is 11.9. The van der Waals surface area contributed by atoms with Crippen molar-refractivity contribution in [1.29, 1.82) is 0 Å². The first-order valence-corrected chi connectivity index (χ1v) is 28.5. The number of allylic oxidation sites excluding steroid dienone is 5. The number of unbranched alkanes of at least 4 members (excludes halogenated alkanes) is 2. The number of methoxy groups -OCH3 is 1. The number of likely N-dealkylation sites (N-methyl/N-ethyl adjacent to an activating group) is 1. The van der Waals surface area contributed by atoms with Gasteiger partial charge in [0.1, 0.15) is 30.2 Å². The Balaban J connectivity index is 0.00000226. The largest absolute Gasteiger partial charge is 0.496 e. The van der Waals surface area contributed by atoms with Crippen LogP contribution in [0.3, 0.4) is 0 Å². The molecule has 1 aromatic carbocycles. The second-order valence-corrected chi connectivity index (χ2v) is 19.6. The molecule has 24 heteroatoms. The second kappa shape index (κ2) is 44.7. The molecule has 22 nitrogen and oxygen atoms in total. The molecular weight excluding hydrogens is 1080 g/mol. The predicted octanol–water partition coefficient (Wildman–Crippen LogP) is 4.21. The van der Waals surface area contributed by atoms with Gasteiger partial charge in [-0.15, -0.1) is 24.0 Å². The number of thiophene rings is 1. The van der Waals surface area contributed by atoms with Gasteiger partial charge >= 0.3 is 6.09 Å². The van der Waals surface area contributed by atoms with Crippen LogP contribution in [-0.4, -0.2) is 149 Å². The van der Waals surface area contributed by atoms with Crippen LogP contribution in [0.25, 0.3) is 10.1 Å². The number of carbonyl (C=O) groups is 9. The van der Waals surface area contributed by atoms with Crippen LogP contribution in [-0.2, 0) is 47.8 Å². The van der Waals surface area contributed by atoms with Crippen LogP contribution >= 0.6 is 24.0 Å². The van der Waals surface area contributed by atoms with Crippen molar-refractivity contribution in [2.45, 2.75) is 136 Å². The van der Waals surface area contributed by atoms with E-state index in [-0.39, 0.29) is 76.3 Å². The van der Waals surface area contributed by atoms with E-state index >= 15 is 0 Å². The van der Waals surface area contributed by atoms with Gasteiger partial charge in [-0.3, -0.25) is 33.6 Å². The summed E-state index contributed by atoms with van der Waals surface area (Å²) in [6.45, 7) is 19.6. The summed E-state index contributed by atoms with van der Waals surface area (Å²) in [5.74, 6) is -2.55. The van der Waals surface area contributed by atoms with Crippen molar-refractivity contribution < 1.29 is 52.6 Å². The number of nitrogens with two attached hydrogens (primary N) is 2. The first-order valence-electron chi connectivity index (χ1n) is 27.1. The molecule has 0 saturated carbocycles. The van der Waals surface area contributed by atoms with Gasteiger partial charge < -0.3 is 73.2 Å². The number of aryl methyl sites for hydroxylation is 1. The third kappa shape index (κ3) is 33.4. The Labute approximate surface area is 488 Å². The molecule has 8 amide bonds. The molecule has 0 spiro atoms. The van der Waals surface area contributed by atoms with Crippen LogP contribution < -0.4 is 54.0 Å². The van der Waals surface area contributed by atoms with E-state index in [2.05, 4.69) is 105 Å². The molecule has 1 aliphatic rings. The Kier molecular flexibility index (Phi) is 40.8. The summed E-state index contributed by atoms with van der Waals surface area (Å²) in [5.41, 5.74) is 12.7. The molecule has 1 aliphatic heterocycles. The Hall–Kier alpha value is -7.02. The summed E-state index contributed by atoms with van der Waals surface area (Å²) in [6, 6.07) is 4.49. The monoisotopic (exact) mass is 1170 g/mol. The fourth-order valence-electron chi connectivity index (χ4n) is 7.23. The lowest BCUT2D eigenvalue weighted by Gasteiger charge is -2.26. The molecule has 0 bridgehead atoms. The zero-order valence-corrected chi connectivity index (χ0v) is 50.3. The van der Waals surface area contributed by atoms with Gasteiger partial charge in [-0.2, -0.15) is 0 Å². The smallest absolute Gasteiger partial charge is 0.409 e. The highest BCUT2D eigenvalue weighted by Crippen LogP contribution is 2.24. The zero-order valence-electron chi connectivity index (χ0n) is 48.6. The van der Waals surface area contributed by atoms with Crippen molar-refractivity contribution in [3.05, 3.63) is 95.1 Å². The minimum Gasteiger partial charge on any atom is -0.496 e. The molecule has 12 N–H and O–H groups in total. The number of aldehydes is 1. The summed E-state index contributed by atoms with van der Waals surface area (Å²) in [7, 11) is 3.24. The van der Waals surface area contributed by atoms with Crippen LogP contribution in [0.1, 0.15) is 104 Å². The Morgan fingerprint density at radius 1 is 0.914 bits per heavy atom. The molecule has 1 saturated heterocycles. The number of rotatable bonds is 32. The molecule has 81 heavy (non-hydrogen) atoms. The summed E-state index contributed by atoms with van der Waals surface area (Å²) < 4.78 is 11.4. The number of carbonyl (C=O) groups excluding carboxylic acids is 9. The number of nitrogens with zero attached hydrogens (tertiary/aromatic N) is 1.